The van der Waals surface area contributed by atoms with Crippen LogP contribution in [0.15, 0.2) is 19.9 Å². The van der Waals surface area contributed by atoms with Crippen LogP contribution in [0.4, 0.5) is 0 Å². The van der Waals surface area contributed by atoms with Crippen molar-refractivity contribution >= 4 is 15.9 Å². The molecule has 0 saturated heterocycles. The monoisotopic (exact) mass is 219 g/mol. The molecule has 60 valence electrons. The molecule has 0 fully saturated rings. The molecule has 0 aliphatic heterocycles. The van der Waals surface area contributed by atoms with Gasteiger partial charge in [0.05, 0.1) is 6.54 Å². The first-order valence-electron chi connectivity index (χ1n) is 2.86. The third kappa shape index (κ3) is 1.61. The van der Waals surface area contributed by atoms with Gasteiger partial charge in [-0.15, -0.1) is 0 Å². The van der Waals surface area contributed by atoms with E-state index >= 15 is 0 Å². The summed E-state index contributed by atoms with van der Waals surface area (Å²) in [5.74, 6) is -0.0955. The lowest BCUT2D eigenvalue weighted by molar-refractivity contribution is 0.396. The Bertz CT molecular complexity index is 320. The fourth-order valence-electron chi connectivity index (χ4n) is 0.605. The van der Waals surface area contributed by atoms with Crippen LogP contribution in [0.1, 0.15) is 5.76 Å². The standard InChI is InChI=1S/C6H6BrNO3/c7-6-5(10)4(9)1-3(2-8)11-6/h1,10H,2,8H2. The summed E-state index contributed by atoms with van der Waals surface area (Å²) in [7, 11) is 0. The van der Waals surface area contributed by atoms with Crippen LogP contribution in [-0.2, 0) is 6.54 Å². The lowest BCUT2D eigenvalue weighted by atomic mass is 10.4. The number of halogens is 1. The lowest BCUT2D eigenvalue weighted by Crippen LogP contribution is -2.04. The fourth-order valence-corrected chi connectivity index (χ4v) is 1.01. The Morgan fingerprint density at radius 3 is 2.82 bits per heavy atom. The van der Waals surface area contributed by atoms with Crippen molar-refractivity contribution in [3.63, 3.8) is 0 Å². The van der Waals surface area contributed by atoms with Gasteiger partial charge in [-0.2, -0.15) is 0 Å². The van der Waals surface area contributed by atoms with Crippen molar-refractivity contribution in [3.8, 4) is 5.75 Å². The summed E-state index contributed by atoms with van der Waals surface area (Å²) in [6, 6.07) is 1.15. The molecule has 0 radical (unpaired) electrons. The van der Waals surface area contributed by atoms with Crippen LogP contribution in [0.3, 0.4) is 0 Å². The van der Waals surface area contributed by atoms with Crippen LogP contribution in [0, 0.1) is 0 Å². The topological polar surface area (TPSA) is 76.5 Å². The van der Waals surface area contributed by atoms with Gasteiger partial charge in [0.1, 0.15) is 5.76 Å². The molecule has 0 bridgehead atoms. The molecule has 1 aromatic heterocycles. The van der Waals surface area contributed by atoms with E-state index in [1.165, 1.54) is 0 Å². The zero-order valence-electron chi connectivity index (χ0n) is 5.50. The first-order chi connectivity index (χ1) is 5.15. The van der Waals surface area contributed by atoms with E-state index in [-0.39, 0.29) is 11.2 Å². The Balaban J connectivity index is 3.32. The highest BCUT2D eigenvalue weighted by Gasteiger charge is 2.06. The van der Waals surface area contributed by atoms with E-state index in [4.69, 9.17) is 15.3 Å². The van der Waals surface area contributed by atoms with Crippen molar-refractivity contribution in [3.05, 3.63) is 26.7 Å². The first kappa shape index (κ1) is 8.29. The fraction of sp³-hybridized carbons (Fsp3) is 0.167. The van der Waals surface area contributed by atoms with Crippen molar-refractivity contribution < 1.29 is 9.52 Å². The van der Waals surface area contributed by atoms with Crippen molar-refractivity contribution in [1.82, 2.24) is 0 Å². The molecule has 1 rings (SSSR count). The lowest BCUT2D eigenvalue weighted by Gasteiger charge is -1.97. The van der Waals surface area contributed by atoms with E-state index in [0.717, 1.165) is 6.07 Å². The number of aromatic hydroxyl groups is 1. The Kier molecular flexibility index (Phi) is 2.31. The second-order valence-electron chi connectivity index (χ2n) is 1.90. The molecule has 0 unspecified atom stereocenters. The summed E-state index contributed by atoms with van der Waals surface area (Å²) in [4.78, 5) is 10.8. The highest BCUT2D eigenvalue weighted by molar-refractivity contribution is 9.10. The van der Waals surface area contributed by atoms with Gasteiger partial charge in [0.25, 0.3) is 0 Å². The molecule has 0 aliphatic carbocycles. The van der Waals surface area contributed by atoms with Gasteiger partial charge in [-0.25, -0.2) is 0 Å². The van der Waals surface area contributed by atoms with Gasteiger partial charge < -0.3 is 15.3 Å². The van der Waals surface area contributed by atoms with Crippen molar-refractivity contribution in [2.24, 2.45) is 5.73 Å². The summed E-state index contributed by atoms with van der Waals surface area (Å²) in [6.07, 6.45) is 0. The van der Waals surface area contributed by atoms with Crippen molar-refractivity contribution in [2.75, 3.05) is 0 Å². The number of rotatable bonds is 1. The molecule has 0 aromatic carbocycles. The van der Waals surface area contributed by atoms with Gasteiger partial charge in [-0.3, -0.25) is 4.79 Å². The number of hydrogen-bond donors (Lipinski definition) is 2. The predicted molar refractivity (Wildman–Crippen MR) is 42.2 cm³/mol. The molecule has 3 N–H and O–H groups in total. The predicted octanol–water partition coefficient (Wildman–Crippen LogP) is 0.567. The molecular formula is C6H6BrNO3. The normalized spacial score (nSPS) is 10.0. The first-order valence-corrected chi connectivity index (χ1v) is 3.66. The molecule has 5 heteroatoms. The molecule has 0 spiro atoms. The summed E-state index contributed by atoms with van der Waals surface area (Å²) < 4.78 is 4.90. The van der Waals surface area contributed by atoms with E-state index in [1.807, 2.05) is 0 Å². The largest absolute Gasteiger partial charge is 0.501 e. The van der Waals surface area contributed by atoms with E-state index in [9.17, 15) is 4.79 Å². The SMILES string of the molecule is NCc1cc(=O)c(O)c(Br)o1. The highest BCUT2D eigenvalue weighted by Crippen LogP contribution is 2.19. The maximum Gasteiger partial charge on any atom is 0.228 e. The molecule has 0 atom stereocenters. The maximum atomic E-state index is 10.8. The molecular weight excluding hydrogens is 214 g/mol. The van der Waals surface area contributed by atoms with Gasteiger partial charge in [0.2, 0.25) is 15.8 Å². The third-order valence-corrected chi connectivity index (χ3v) is 1.67. The van der Waals surface area contributed by atoms with Gasteiger partial charge in [0.15, 0.2) is 0 Å². The number of hydrogen-bond acceptors (Lipinski definition) is 4. The molecule has 4 nitrogen and oxygen atoms in total. The molecule has 11 heavy (non-hydrogen) atoms. The molecule has 0 aliphatic rings. The minimum Gasteiger partial charge on any atom is -0.501 e. The quantitative estimate of drug-likeness (QED) is 0.725. The number of nitrogens with two attached hydrogens (primary N) is 1. The van der Waals surface area contributed by atoms with Crippen LogP contribution < -0.4 is 11.2 Å². The van der Waals surface area contributed by atoms with Crippen LogP contribution in [0.5, 0.6) is 5.75 Å². The minimum atomic E-state index is -0.497. The molecule has 0 saturated carbocycles. The van der Waals surface area contributed by atoms with Gasteiger partial charge in [-0.05, 0) is 15.9 Å². The van der Waals surface area contributed by atoms with E-state index in [0.29, 0.717) is 5.76 Å². The highest BCUT2D eigenvalue weighted by atomic mass is 79.9. The van der Waals surface area contributed by atoms with Gasteiger partial charge in [-0.1, -0.05) is 0 Å². The third-order valence-electron chi connectivity index (χ3n) is 1.13. The zero-order valence-corrected chi connectivity index (χ0v) is 7.09. The minimum absolute atomic E-state index is 0.0189. The Morgan fingerprint density at radius 1 is 1.73 bits per heavy atom. The van der Waals surface area contributed by atoms with E-state index < -0.39 is 11.2 Å². The average Bonchev–Trinajstić information content (AvgIpc) is 1.99. The van der Waals surface area contributed by atoms with Crippen molar-refractivity contribution in [2.45, 2.75) is 6.54 Å². The molecule has 0 amide bonds. The summed E-state index contributed by atoms with van der Waals surface area (Å²) >= 11 is 2.87. The Morgan fingerprint density at radius 2 is 2.36 bits per heavy atom. The molecule has 1 heterocycles. The van der Waals surface area contributed by atoms with Crippen LogP contribution >= 0.6 is 15.9 Å². The maximum absolute atomic E-state index is 10.8. The second kappa shape index (κ2) is 3.06. The Hall–Kier alpha value is -0.810. The Labute approximate surface area is 70.8 Å². The zero-order chi connectivity index (χ0) is 8.43. The second-order valence-corrected chi connectivity index (χ2v) is 2.62. The van der Waals surface area contributed by atoms with Crippen LogP contribution in [0.25, 0.3) is 0 Å². The summed E-state index contributed by atoms with van der Waals surface area (Å²) in [5, 5.41) is 8.93. The van der Waals surface area contributed by atoms with Gasteiger partial charge in [0, 0.05) is 6.07 Å². The van der Waals surface area contributed by atoms with Gasteiger partial charge >= 0.3 is 0 Å². The average molecular weight is 220 g/mol. The van der Waals surface area contributed by atoms with Crippen molar-refractivity contribution in [1.29, 1.82) is 0 Å². The van der Waals surface area contributed by atoms with E-state index in [2.05, 4.69) is 15.9 Å². The van der Waals surface area contributed by atoms with Crippen LogP contribution in [-0.4, -0.2) is 5.11 Å². The smallest absolute Gasteiger partial charge is 0.228 e. The van der Waals surface area contributed by atoms with Crippen LogP contribution in [0.2, 0.25) is 0 Å². The summed E-state index contributed by atoms with van der Waals surface area (Å²) in [5.41, 5.74) is 4.71. The molecule has 1 aromatic rings. The van der Waals surface area contributed by atoms with E-state index in [1.54, 1.807) is 0 Å². The summed E-state index contributed by atoms with van der Waals surface area (Å²) in [6.45, 7) is 0.133.